The van der Waals surface area contributed by atoms with Gasteiger partial charge in [-0.05, 0) is 11.1 Å². The summed E-state index contributed by atoms with van der Waals surface area (Å²) in [7, 11) is 1.29. The maximum absolute atomic E-state index is 12.2. The molecule has 3 rings (SSSR count). The van der Waals surface area contributed by atoms with Crippen LogP contribution >= 0.6 is 0 Å². The number of hydrogen-bond donors (Lipinski definition) is 1. The lowest BCUT2D eigenvalue weighted by Gasteiger charge is -2.47. The molecular formula is C28H37N3O14. The molecule has 0 spiro atoms. The molecule has 10 atom stereocenters. The molecule has 0 radical (unpaired) electrons. The Morgan fingerprint density at radius 2 is 1.42 bits per heavy atom. The van der Waals surface area contributed by atoms with Crippen LogP contribution in [0.5, 0.6) is 0 Å². The number of azide groups is 1. The highest BCUT2D eigenvalue weighted by Crippen LogP contribution is 2.34. The number of rotatable bonds is 13. The van der Waals surface area contributed by atoms with Gasteiger partial charge in [-0.1, -0.05) is 35.4 Å². The third kappa shape index (κ3) is 10.1. The van der Waals surface area contributed by atoms with Gasteiger partial charge in [-0.15, -0.1) is 0 Å². The first kappa shape index (κ1) is 35.6. The molecule has 0 amide bonds. The first-order valence-electron chi connectivity index (χ1n) is 13.9. The topological polar surface area (TPSA) is 220 Å². The van der Waals surface area contributed by atoms with Crippen LogP contribution in [0.1, 0.15) is 33.3 Å². The van der Waals surface area contributed by atoms with Crippen LogP contribution in [-0.2, 0) is 68.4 Å². The molecule has 0 aromatic heterocycles. The highest BCUT2D eigenvalue weighted by atomic mass is 16.7. The van der Waals surface area contributed by atoms with Crippen molar-refractivity contribution in [2.24, 2.45) is 5.11 Å². The van der Waals surface area contributed by atoms with Crippen molar-refractivity contribution >= 4 is 23.9 Å². The standard InChI is InChI=1S/C28H37N3O14/c1-14(32)39-13-20-23(40-15(2)33)25(41-16(3)34)26(42-17(4)35)28(44-20)45-24-21(30-31-29)27(37-5)43-19(22(24)36)12-38-11-18-9-7-6-8-10-18/h6-10,19-28,36H,11-13H2,1-5H3/t19-,20-,21-,22+,23-,24-,25+,26-,27+,28+/m1/s1. The van der Waals surface area contributed by atoms with Crippen LogP contribution in [0.2, 0.25) is 0 Å². The molecule has 17 heteroatoms. The minimum absolute atomic E-state index is 0.142. The maximum atomic E-state index is 12.2. The molecule has 45 heavy (non-hydrogen) atoms. The average molecular weight is 640 g/mol. The number of aliphatic hydroxyl groups is 1. The summed E-state index contributed by atoms with van der Waals surface area (Å²) < 4.78 is 50.4. The van der Waals surface area contributed by atoms with Crippen molar-refractivity contribution in [3.63, 3.8) is 0 Å². The predicted octanol–water partition coefficient (Wildman–Crippen LogP) is 1.08. The van der Waals surface area contributed by atoms with E-state index in [9.17, 15) is 29.8 Å². The van der Waals surface area contributed by atoms with E-state index in [1.54, 1.807) is 0 Å². The maximum Gasteiger partial charge on any atom is 0.303 e. The predicted molar refractivity (Wildman–Crippen MR) is 148 cm³/mol. The van der Waals surface area contributed by atoms with Crippen molar-refractivity contribution in [2.75, 3.05) is 20.3 Å². The van der Waals surface area contributed by atoms with Crippen LogP contribution in [-0.4, -0.2) is 111 Å². The number of esters is 4. The van der Waals surface area contributed by atoms with Gasteiger partial charge >= 0.3 is 23.9 Å². The zero-order chi connectivity index (χ0) is 33.1. The Kier molecular flexibility index (Phi) is 13.5. The second kappa shape index (κ2) is 17.0. The quantitative estimate of drug-likeness (QED) is 0.105. The fourth-order valence-electron chi connectivity index (χ4n) is 4.90. The second-order valence-corrected chi connectivity index (χ2v) is 10.1. The van der Waals surface area contributed by atoms with E-state index in [4.69, 9.17) is 42.6 Å². The molecule has 2 aliphatic rings. The van der Waals surface area contributed by atoms with Crippen LogP contribution in [0.4, 0.5) is 0 Å². The van der Waals surface area contributed by atoms with E-state index in [0.29, 0.717) is 0 Å². The molecule has 248 valence electrons. The monoisotopic (exact) mass is 639 g/mol. The van der Waals surface area contributed by atoms with Gasteiger partial charge in [0.1, 0.15) is 37.1 Å². The smallest absolute Gasteiger partial charge is 0.303 e. The Morgan fingerprint density at radius 1 is 0.822 bits per heavy atom. The number of hydrogen-bond acceptors (Lipinski definition) is 15. The summed E-state index contributed by atoms with van der Waals surface area (Å²) in [5.74, 6) is -3.20. The normalized spacial score (nSPS) is 31.2. The zero-order valence-corrected chi connectivity index (χ0v) is 25.4. The number of ether oxygens (including phenoxy) is 9. The largest absolute Gasteiger partial charge is 0.463 e. The van der Waals surface area contributed by atoms with Crippen LogP contribution in [0.3, 0.4) is 0 Å². The number of benzene rings is 1. The van der Waals surface area contributed by atoms with Crippen molar-refractivity contribution in [1.82, 2.24) is 0 Å². The Morgan fingerprint density at radius 3 is 2.00 bits per heavy atom. The van der Waals surface area contributed by atoms with Crippen LogP contribution in [0.15, 0.2) is 35.4 Å². The Balaban J connectivity index is 1.97. The van der Waals surface area contributed by atoms with Crippen molar-refractivity contribution in [3.8, 4) is 0 Å². The summed E-state index contributed by atoms with van der Waals surface area (Å²) in [4.78, 5) is 50.8. The van der Waals surface area contributed by atoms with Gasteiger partial charge < -0.3 is 47.7 Å². The molecule has 1 aromatic carbocycles. The second-order valence-electron chi connectivity index (χ2n) is 10.1. The van der Waals surface area contributed by atoms with Crippen molar-refractivity contribution in [2.45, 2.75) is 95.7 Å². The molecular weight excluding hydrogens is 602 g/mol. The van der Waals surface area contributed by atoms with E-state index in [1.165, 1.54) is 7.11 Å². The molecule has 2 saturated heterocycles. The van der Waals surface area contributed by atoms with Crippen LogP contribution in [0, 0.1) is 0 Å². The lowest BCUT2D eigenvalue weighted by molar-refractivity contribution is -0.344. The van der Waals surface area contributed by atoms with Gasteiger partial charge in [0.2, 0.25) is 0 Å². The highest BCUT2D eigenvalue weighted by Gasteiger charge is 2.55. The van der Waals surface area contributed by atoms with E-state index < -0.39 is 91.8 Å². The first-order valence-corrected chi connectivity index (χ1v) is 13.9. The summed E-state index contributed by atoms with van der Waals surface area (Å²) in [5.41, 5.74) is 10.2. The number of carbonyl (C=O) groups is 4. The summed E-state index contributed by atoms with van der Waals surface area (Å²) in [6, 6.07) is 7.92. The van der Waals surface area contributed by atoms with Gasteiger partial charge in [0.25, 0.3) is 0 Å². The summed E-state index contributed by atoms with van der Waals surface area (Å²) in [5, 5.41) is 15.1. The van der Waals surface area contributed by atoms with Gasteiger partial charge in [-0.25, -0.2) is 0 Å². The van der Waals surface area contributed by atoms with Crippen molar-refractivity contribution in [1.29, 1.82) is 0 Å². The van der Waals surface area contributed by atoms with E-state index in [-0.39, 0.29) is 13.2 Å². The molecule has 1 N–H and O–H groups in total. The molecule has 0 bridgehead atoms. The summed E-state index contributed by atoms with van der Waals surface area (Å²) in [6.45, 7) is 3.92. The minimum atomic E-state index is -1.66. The van der Waals surface area contributed by atoms with Gasteiger partial charge in [-0.2, -0.15) is 0 Å². The molecule has 2 aliphatic heterocycles. The van der Waals surface area contributed by atoms with Crippen LogP contribution < -0.4 is 0 Å². The number of aliphatic hydroxyl groups excluding tert-OH is 1. The molecule has 17 nitrogen and oxygen atoms in total. The summed E-state index contributed by atoms with van der Waals surface area (Å²) >= 11 is 0. The van der Waals surface area contributed by atoms with Crippen LogP contribution in [0.25, 0.3) is 10.4 Å². The van der Waals surface area contributed by atoms with Crippen molar-refractivity contribution in [3.05, 3.63) is 46.3 Å². The Bertz CT molecular complexity index is 1210. The van der Waals surface area contributed by atoms with Gasteiger partial charge in [0, 0.05) is 39.7 Å². The molecule has 1 aromatic rings. The fraction of sp³-hybridized carbons (Fsp3) is 0.643. The molecule has 0 aliphatic carbocycles. The first-order chi connectivity index (χ1) is 21.4. The zero-order valence-electron chi connectivity index (χ0n) is 25.4. The Labute approximate surface area is 258 Å². The average Bonchev–Trinajstić information content (AvgIpc) is 2.97. The fourth-order valence-corrected chi connectivity index (χ4v) is 4.90. The van der Waals surface area contributed by atoms with Gasteiger partial charge in [0.05, 0.1) is 13.2 Å². The SMILES string of the molecule is CO[C@H]1O[C@H](COCc2ccccc2)[C@H](O)[C@H](O[C@@H]2O[C@H](COC(C)=O)[C@@H](OC(C)=O)[C@H](OC(C)=O)[C@H]2OC(C)=O)[C@H]1N=[N+]=[N-]. The number of methoxy groups -OCH3 is 1. The lowest BCUT2D eigenvalue weighted by atomic mass is 9.95. The highest BCUT2D eigenvalue weighted by molar-refractivity contribution is 5.68. The Hall–Kier alpha value is -3.83. The van der Waals surface area contributed by atoms with Crippen molar-refractivity contribution < 1.29 is 66.9 Å². The number of nitrogens with zero attached hydrogens (tertiary/aromatic N) is 3. The molecule has 2 heterocycles. The van der Waals surface area contributed by atoms with E-state index in [2.05, 4.69) is 10.0 Å². The minimum Gasteiger partial charge on any atom is -0.463 e. The molecule has 0 saturated carbocycles. The van der Waals surface area contributed by atoms with E-state index in [1.807, 2.05) is 30.3 Å². The van der Waals surface area contributed by atoms with E-state index >= 15 is 0 Å². The summed E-state index contributed by atoms with van der Waals surface area (Å²) in [6.07, 6.45) is -12.8. The van der Waals surface area contributed by atoms with Gasteiger partial charge in [-0.3, -0.25) is 19.2 Å². The lowest BCUT2D eigenvalue weighted by Crippen LogP contribution is -2.66. The van der Waals surface area contributed by atoms with E-state index in [0.717, 1.165) is 33.3 Å². The third-order valence-electron chi connectivity index (χ3n) is 6.69. The molecule has 0 unspecified atom stereocenters. The number of carbonyl (C=O) groups excluding carboxylic acids is 4. The third-order valence-corrected chi connectivity index (χ3v) is 6.69. The molecule has 2 fully saturated rings. The van der Waals surface area contributed by atoms with Gasteiger partial charge in [0.15, 0.2) is 30.9 Å².